The van der Waals surface area contributed by atoms with Crippen LogP contribution in [-0.4, -0.2) is 59.8 Å². The van der Waals surface area contributed by atoms with E-state index in [0.717, 1.165) is 50.7 Å². The number of nitrogens with zero attached hydrogens (tertiary/aromatic N) is 4. The van der Waals surface area contributed by atoms with Crippen molar-refractivity contribution in [3.8, 4) is 0 Å². The first-order valence-electron chi connectivity index (χ1n) is 9.87. The van der Waals surface area contributed by atoms with E-state index in [2.05, 4.69) is 72.2 Å². The Kier molecular flexibility index (Phi) is 10.2. The summed E-state index contributed by atoms with van der Waals surface area (Å²) in [6.45, 7) is 16.0. The van der Waals surface area contributed by atoms with Gasteiger partial charge in [0.2, 0.25) is 5.89 Å². The number of guanidine groups is 1. The van der Waals surface area contributed by atoms with Crippen molar-refractivity contribution in [3.63, 3.8) is 0 Å². The molecule has 7 nitrogen and oxygen atoms in total. The summed E-state index contributed by atoms with van der Waals surface area (Å²) in [7, 11) is 1.80. The van der Waals surface area contributed by atoms with E-state index < -0.39 is 0 Å². The van der Waals surface area contributed by atoms with Crippen LogP contribution in [0.5, 0.6) is 0 Å². The van der Waals surface area contributed by atoms with Gasteiger partial charge in [0.1, 0.15) is 0 Å². The Morgan fingerprint density at radius 2 is 1.65 bits per heavy atom. The molecule has 1 aromatic heterocycles. The third-order valence-electron chi connectivity index (χ3n) is 4.30. The Morgan fingerprint density at radius 1 is 1.04 bits per heavy atom. The molecule has 0 spiro atoms. The number of aromatic nitrogens is 2. The highest BCUT2D eigenvalue weighted by Crippen LogP contribution is 2.10. The monoisotopic (exact) mass is 366 g/mol. The molecule has 0 aliphatic rings. The van der Waals surface area contributed by atoms with Gasteiger partial charge in [0.15, 0.2) is 11.8 Å². The summed E-state index contributed by atoms with van der Waals surface area (Å²) in [4.78, 5) is 11.2. The van der Waals surface area contributed by atoms with Crippen LogP contribution in [0.4, 0.5) is 0 Å². The number of rotatable bonds is 11. The van der Waals surface area contributed by atoms with Gasteiger partial charge in [-0.3, -0.25) is 9.89 Å². The van der Waals surface area contributed by atoms with Crippen molar-refractivity contribution < 1.29 is 4.52 Å². The fourth-order valence-electron chi connectivity index (χ4n) is 2.85. The zero-order valence-electron chi connectivity index (χ0n) is 17.7. The molecule has 0 amide bonds. The maximum Gasteiger partial charge on any atom is 0.226 e. The molecule has 7 heteroatoms. The van der Waals surface area contributed by atoms with Crippen LogP contribution in [0.1, 0.15) is 72.0 Å². The van der Waals surface area contributed by atoms with Crippen LogP contribution in [0, 0.1) is 0 Å². The van der Waals surface area contributed by atoms with Crippen molar-refractivity contribution >= 4 is 5.96 Å². The molecule has 0 saturated heterocycles. The average molecular weight is 367 g/mol. The highest BCUT2D eigenvalue weighted by molar-refractivity contribution is 5.79. The lowest BCUT2D eigenvalue weighted by molar-refractivity contribution is 0.173. The SMILES string of the molecule is CN=C(NCCCc1nc(C(C)C)no1)NCCCN(C(C)C)C(C)C. The standard InChI is InChI=1S/C19H38N6O/c1-14(2)18-23-17(26-24-18)10-8-11-21-19(20-7)22-12-9-13-25(15(3)4)16(5)6/h14-16H,8-13H2,1-7H3,(H2,20,21,22). The predicted octanol–water partition coefficient (Wildman–Crippen LogP) is 2.80. The van der Waals surface area contributed by atoms with Crippen LogP contribution < -0.4 is 10.6 Å². The normalized spacial score (nSPS) is 12.7. The van der Waals surface area contributed by atoms with E-state index in [-0.39, 0.29) is 0 Å². The second-order valence-corrected chi connectivity index (χ2v) is 7.51. The van der Waals surface area contributed by atoms with E-state index in [1.165, 1.54) is 0 Å². The third kappa shape index (κ3) is 8.17. The summed E-state index contributed by atoms with van der Waals surface area (Å²) >= 11 is 0. The Bertz CT molecular complexity index is 516. The Labute approximate surface area is 159 Å². The highest BCUT2D eigenvalue weighted by Gasteiger charge is 2.12. The second kappa shape index (κ2) is 11.9. The van der Waals surface area contributed by atoms with Crippen molar-refractivity contribution in [3.05, 3.63) is 11.7 Å². The Hall–Kier alpha value is -1.63. The first-order chi connectivity index (χ1) is 12.3. The summed E-state index contributed by atoms with van der Waals surface area (Å²) in [5.41, 5.74) is 0. The quantitative estimate of drug-likeness (QED) is 0.356. The molecule has 1 heterocycles. The summed E-state index contributed by atoms with van der Waals surface area (Å²) in [5, 5.41) is 10.7. The Balaban J connectivity index is 2.20. The van der Waals surface area contributed by atoms with Gasteiger partial charge in [0, 0.05) is 51.1 Å². The maximum atomic E-state index is 5.26. The van der Waals surface area contributed by atoms with E-state index in [9.17, 15) is 0 Å². The number of aryl methyl sites for hydroxylation is 1. The molecular weight excluding hydrogens is 328 g/mol. The van der Waals surface area contributed by atoms with Gasteiger partial charge in [-0.2, -0.15) is 4.98 Å². The van der Waals surface area contributed by atoms with Crippen molar-refractivity contribution in [2.24, 2.45) is 4.99 Å². The van der Waals surface area contributed by atoms with Gasteiger partial charge in [-0.05, 0) is 40.5 Å². The number of hydrogen-bond acceptors (Lipinski definition) is 5. The van der Waals surface area contributed by atoms with Crippen LogP contribution in [0.2, 0.25) is 0 Å². The summed E-state index contributed by atoms with van der Waals surface area (Å²) in [5.74, 6) is 2.64. The summed E-state index contributed by atoms with van der Waals surface area (Å²) < 4.78 is 5.26. The minimum Gasteiger partial charge on any atom is -0.356 e. The van der Waals surface area contributed by atoms with Gasteiger partial charge in [-0.15, -0.1) is 0 Å². The molecule has 2 N–H and O–H groups in total. The zero-order chi connectivity index (χ0) is 19.5. The van der Waals surface area contributed by atoms with E-state index in [1.807, 2.05) is 0 Å². The molecule has 26 heavy (non-hydrogen) atoms. The first-order valence-corrected chi connectivity index (χ1v) is 9.87. The predicted molar refractivity (Wildman–Crippen MR) is 108 cm³/mol. The molecule has 0 atom stereocenters. The maximum absolute atomic E-state index is 5.26. The first kappa shape index (κ1) is 22.4. The van der Waals surface area contributed by atoms with Crippen molar-refractivity contribution in [1.29, 1.82) is 0 Å². The van der Waals surface area contributed by atoms with Crippen LogP contribution in [0.25, 0.3) is 0 Å². The van der Waals surface area contributed by atoms with E-state index in [4.69, 9.17) is 4.52 Å². The summed E-state index contributed by atoms with van der Waals surface area (Å²) in [6, 6.07) is 1.15. The lowest BCUT2D eigenvalue weighted by atomic mass is 10.2. The molecule has 0 aliphatic heterocycles. The van der Waals surface area contributed by atoms with E-state index >= 15 is 0 Å². The van der Waals surface area contributed by atoms with Crippen molar-refractivity contribution in [1.82, 2.24) is 25.7 Å². The molecule has 0 bridgehead atoms. The lowest BCUT2D eigenvalue weighted by Gasteiger charge is -2.30. The van der Waals surface area contributed by atoms with Crippen LogP contribution in [-0.2, 0) is 6.42 Å². The largest absolute Gasteiger partial charge is 0.356 e. The van der Waals surface area contributed by atoms with Gasteiger partial charge in [0.25, 0.3) is 0 Å². The molecular formula is C19H38N6O. The minimum atomic E-state index is 0.302. The number of hydrogen-bond donors (Lipinski definition) is 2. The molecule has 0 radical (unpaired) electrons. The molecule has 1 aromatic rings. The van der Waals surface area contributed by atoms with Gasteiger partial charge in [-0.25, -0.2) is 0 Å². The molecule has 0 aromatic carbocycles. The lowest BCUT2D eigenvalue weighted by Crippen LogP contribution is -2.41. The van der Waals surface area contributed by atoms with Gasteiger partial charge < -0.3 is 15.2 Å². The van der Waals surface area contributed by atoms with Crippen LogP contribution in [0.3, 0.4) is 0 Å². The van der Waals surface area contributed by atoms with E-state index in [0.29, 0.717) is 23.9 Å². The fourth-order valence-corrected chi connectivity index (χ4v) is 2.85. The smallest absolute Gasteiger partial charge is 0.226 e. The molecule has 0 saturated carbocycles. The van der Waals surface area contributed by atoms with E-state index in [1.54, 1.807) is 7.05 Å². The highest BCUT2D eigenvalue weighted by atomic mass is 16.5. The molecule has 0 unspecified atom stereocenters. The van der Waals surface area contributed by atoms with Gasteiger partial charge in [-0.1, -0.05) is 19.0 Å². The van der Waals surface area contributed by atoms with Gasteiger partial charge >= 0.3 is 0 Å². The van der Waals surface area contributed by atoms with Crippen LogP contribution in [0.15, 0.2) is 9.52 Å². The molecule has 0 aliphatic carbocycles. The minimum absolute atomic E-state index is 0.302. The fraction of sp³-hybridized carbons (Fsp3) is 0.842. The molecule has 150 valence electrons. The number of nitrogens with one attached hydrogen (secondary N) is 2. The second-order valence-electron chi connectivity index (χ2n) is 7.51. The van der Waals surface area contributed by atoms with Gasteiger partial charge in [0.05, 0.1) is 0 Å². The number of aliphatic imine (C=N–C) groups is 1. The molecule has 0 fully saturated rings. The van der Waals surface area contributed by atoms with Crippen molar-refractivity contribution in [2.75, 3.05) is 26.7 Å². The Morgan fingerprint density at radius 3 is 2.15 bits per heavy atom. The summed E-state index contributed by atoms with van der Waals surface area (Å²) in [6.07, 6.45) is 2.80. The van der Waals surface area contributed by atoms with Crippen molar-refractivity contribution in [2.45, 2.75) is 78.8 Å². The van der Waals surface area contributed by atoms with Crippen LogP contribution >= 0.6 is 0 Å². The third-order valence-corrected chi connectivity index (χ3v) is 4.30. The average Bonchev–Trinajstić information content (AvgIpc) is 3.05. The topological polar surface area (TPSA) is 78.6 Å². The zero-order valence-corrected chi connectivity index (χ0v) is 17.7. The molecule has 1 rings (SSSR count).